The number of nitrogens with one attached hydrogen (secondary N) is 1. The quantitative estimate of drug-likeness (QED) is 0.732. The summed E-state index contributed by atoms with van der Waals surface area (Å²) < 4.78 is 5.32. The lowest BCUT2D eigenvalue weighted by atomic mass is 9.98. The number of benzene rings is 1. The van der Waals surface area contributed by atoms with Gasteiger partial charge in [0.15, 0.2) is 0 Å². The Balaban J connectivity index is 2.44. The average Bonchev–Trinajstić information content (AvgIpc) is 2.45. The predicted octanol–water partition coefficient (Wildman–Crippen LogP) is 3.30. The van der Waals surface area contributed by atoms with E-state index in [0.29, 0.717) is 25.1 Å². The van der Waals surface area contributed by atoms with E-state index in [1.54, 1.807) is 24.3 Å². The van der Waals surface area contributed by atoms with Crippen molar-refractivity contribution >= 4 is 17.6 Å². The third kappa shape index (κ3) is 6.29. The molecule has 0 saturated heterocycles. The van der Waals surface area contributed by atoms with Crippen molar-refractivity contribution in [2.45, 2.75) is 39.5 Å². The number of carbonyl (C=O) groups excluding carboxylic acids is 1. The summed E-state index contributed by atoms with van der Waals surface area (Å²) in [6.45, 7) is 4.44. The number of rotatable bonds is 9. The lowest BCUT2D eigenvalue weighted by Gasteiger charge is -2.11. The van der Waals surface area contributed by atoms with E-state index < -0.39 is 11.9 Å². The van der Waals surface area contributed by atoms with Crippen LogP contribution in [0.1, 0.15) is 39.5 Å². The van der Waals surface area contributed by atoms with E-state index in [-0.39, 0.29) is 12.3 Å². The van der Waals surface area contributed by atoms with Gasteiger partial charge in [-0.25, -0.2) is 0 Å². The van der Waals surface area contributed by atoms with E-state index in [0.717, 1.165) is 12.2 Å². The summed E-state index contributed by atoms with van der Waals surface area (Å²) in [6.07, 6.45) is 1.99. The number of ether oxygens (including phenoxy) is 1. The Hall–Kier alpha value is -2.04. The Bertz CT molecular complexity index is 456. The topological polar surface area (TPSA) is 75.6 Å². The van der Waals surface area contributed by atoms with Gasteiger partial charge in [0.05, 0.1) is 12.5 Å². The van der Waals surface area contributed by atoms with Gasteiger partial charge in [0.1, 0.15) is 5.75 Å². The summed E-state index contributed by atoms with van der Waals surface area (Å²) in [7, 11) is 0. The first-order chi connectivity index (χ1) is 10.1. The Kier molecular flexibility index (Phi) is 7.29. The molecule has 0 spiro atoms. The van der Waals surface area contributed by atoms with Crippen LogP contribution >= 0.6 is 0 Å². The molecule has 0 radical (unpaired) electrons. The molecule has 0 aliphatic carbocycles. The molecule has 0 bridgehead atoms. The molecule has 0 aliphatic rings. The molecule has 0 aliphatic heterocycles. The number of aliphatic carboxylic acids is 1. The minimum Gasteiger partial charge on any atom is -0.494 e. The van der Waals surface area contributed by atoms with Gasteiger partial charge < -0.3 is 15.2 Å². The van der Waals surface area contributed by atoms with Crippen molar-refractivity contribution in [3.05, 3.63) is 24.3 Å². The van der Waals surface area contributed by atoms with Crippen LogP contribution in [0.3, 0.4) is 0 Å². The van der Waals surface area contributed by atoms with Crippen LogP contribution in [0.2, 0.25) is 0 Å². The molecule has 1 atom stereocenters. The molecular formula is C16H23NO4. The standard InChI is InChI=1S/C16H23NO4/c1-3-5-12(16(19)20)6-11-15(18)17-13-7-9-14(10-8-13)21-4-2/h7-10,12H,3-6,11H2,1-2H3,(H,17,18)(H,19,20)/t12-/m0/s1. The fourth-order valence-corrected chi connectivity index (χ4v) is 2.07. The first kappa shape index (κ1) is 17.0. The van der Waals surface area contributed by atoms with E-state index >= 15 is 0 Å². The molecule has 0 heterocycles. The lowest BCUT2D eigenvalue weighted by molar-refractivity contribution is -0.142. The van der Waals surface area contributed by atoms with Crippen LogP contribution in [0.4, 0.5) is 5.69 Å². The molecule has 1 aromatic rings. The minimum atomic E-state index is -0.828. The molecule has 1 rings (SSSR count). The minimum absolute atomic E-state index is 0.165. The normalized spacial score (nSPS) is 11.7. The van der Waals surface area contributed by atoms with Crippen LogP contribution in [-0.2, 0) is 9.59 Å². The number of carboxylic acids is 1. The SMILES string of the molecule is CCC[C@@H](CCC(=O)Nc1ccc(OCC)cc1)C(=O)O. The van der Waals surface area contributed by atoms with Crippen molar-refractivity contribution in [2.24, 2.45) is 5.92 Å². The van der Waals surface area contributed by atoms with Gasteiger partial charge in [-0.1, -0.05) is 13.3 Å². The highest BCUT2D eigenvalue weighted by molar-refractivity contribution is 5.91. The molecule has 0 fully saturated rings. The van der Waals surface area contributed by atoms with E-state index in [1.165, 1.54) is 0 Å². The zero-order chi connectivity index (χ0) is 15.7. The Morgan fingerprint density at radius 3 is 2.38 bits per heavy atom. The summed E-state index contributed by atoms with van der Waals surface area (Å²) in [5.74, 6) is -0.683. The number of carbonyl (C=O) groups is 2. The number of hydrogen-bond donors (Lipinski definition) is 2. The fourth-order valence-electron chi connectivity index (χ4n) is 2.07. The first-order valence-electron chi connectivity index (χ1n) is 7.32. The van der Waals surface area contributed by atoms with Gasteiger partial charge in [-0.15, -0.1) is 0 Å². The zero-order valence-electron chi connectivity index (χ0n) is 12.6. The molecule has 1 aromatic carbocycles. The van der Waals surface area contributed by atoms with Crippen molar-refractivity contribution in [1.82, 2.24) is 0 Å². The summed E-state index contributed by atoms with van der Waals surface area (Å²) in [6, 6.07) is 7.11. The average molecular weight is 293 g/mol. The van der Waals surface area contributed by atoms with Crippen molar-refractivity contribution in [3.8, 4) is 5.75 Å². The highest BCUT2D eigenvalue weighted by Gasteiger charge is 2.17. The second kappa shape index (κ2) is 9.00. The van der Waals surface area contributed by atoms with Crippen LogP contribution in [0.5, 0.6) is 5.75 Å². The smallest absolute Gasteiger partial charge is 0.306 e. The Labute approximate surface area is 125 Å². The Morgan fingerprint density at radius 1 is 1.19 bits per heavy atom. The van der Waals surface area contributed by atoms with Crippen LogP contribution in [0.25, 0.3) is 0 Å². The summed E-state index contributed by atoms with van der Waals surface area (Å²) in [5, 5.41) is 11.8. The second-order valence-electron chi connectivity index (χ2n) is 4.87. The summed E-state index contributed by atoms with van der Waals surface area (Å²) in [5.41, 5.74) is 0.686. The summed E-state index contributed by atoms with van der Waals surface area (Å²) >= 11 is 0. The van der Waals surface area contributed by atoms with Gasteiger partial charge in [0, 0.05) is 12.1 Å². The molecule has 5 heteroatoms. The Morgan fingerprint density at radius 2 is 1.86 bits per heavy atom. The molecule has 0 unspecified atom stereocenters. The monoisotopic (exact) mass is 293 g/mol. The molecular weight excluding hydrogens is 270 g/mol. The van der Waals surface area contributed by atoms with Gasteiger partial charge >= 0.3 is 5.97 Å². The van der Waals surface area contributed by atoms with Crippen molar-refractivity contribution in [3.63, 3.8) is 0 Å². The van der Waals surface area contributed by atoms with E-state index in [1.807, 2.05) is 13.8 Å². The van der Waals surface area contributed by atoms with Gasteiger partial charge in [-0.05, 0) is 44.0 Å². The van der Waals surface area contributed by atoms with E-state index in [4.69, 9.17) is 9.84 Å². The largest absolute Gasteiger partial charge is 0.494 e. The van der Waals surface area contributed by atoms with Gasteiger partial charge in [-0.3, -0.25) is 9.59 Å². The number of carboxylic acid groups (broad SMARTS) is 1. The van der Waals surface area contributed by atoms with Crippen LogP contribution in [0.15, 0.2) is 24.3 Å². The number of amides is 1. The van der Waals surface area contributed by atoms with Crippen LogP contribution in [0, 0.1) is 5.92 Å². The second-order valence-corrected chi connectivity index (χ2v) is 4.87. The van der Waals surface area contributed by atoms with Gasteiger partial charge in [-0.2, -0.15) is 0 Å². The van der Waals surface area contributed by atoms with E-state index in [9.17, 15) is 9.59 Å². The maximum atomic E-state index is 11.8. The van der Waals surface area contributed by atoms with Crippen LogP contribution in [-0.4, -0.2) is 23.6 Å². The predicted molar refractivity (Wildman–Crippen MR) is 81.5 cm³/mol. The molecule has 21 heavy (non-hydrogen) atoms. The highest BCUT2D eigenvalue weighted by atomic mass is 16.5. The maximum absolute atomic E-state index is 11.8. The molecule has 5 nitrogen and oxygen atoms in total. The number of hydrogen-bond acceptors (Lipinski definition) is 3. The van der Waals surface area contributed by atoms with Crippen molar-refractivity contribution in [1.29, 1.82) is 0 Å². The number of anilines is 1. The molecule has 2 N–H and O–H groups in total. The third-order valence-electron chi connectivity index (χ3n) is 3.16. The molecule has 1 amide bonds. The van der Waals surface area contributed by atoms with Crippen LogP contribution < -0.4 is 10.1 Å². The van der Waals surface area contributed by atoms with Crippen molar-refractivity contribution < 1.29 is 19.4 Å². The lowest BCUT2D eigenvalue weighted by Crippen LogP contribution is -2.18. The van der Waals surface area contributed by atoms with Crippen molar-refractivity contribution in [2.75, 3.05) is 11.9 Å². The summed E-state index contributed by atoms with van der Waals surface area (Å²) in [4.78, 5) is 22.8. The molecule has 0 aromatic heterocycles. The fraction of sp³-hybridized carbons (Fsp3) is 0.500. The first-order valence-corrected chi connectivity index (χ1v) is 7.32. The maximum Gasteiger partial charge on any atom is 0.306 e. The van der Waals surface area contributed by atoms with E-state index in [2.05, 4.69) is 5.32 Å². The van der Waals surface area contributed by atoms with Gasteiger partial charge in [0.25, 0.3) is 0 Å². The molecule has 0 saturated carbocycles. The molecule has 116 valence electrons. The van der Waals surface area contributed by atoms with Gasteiger partial charge in [0.2, 0.25) is 5.91 Å². The highest BCUT2D eigenvalue weighted by Crippen LogP contribution is 2.17. The third-order valence-corrected chi connectivity index (χ3v) is 3.16. The zero-order valence-corrected chi connectivity index (χ0v) is 12.6.